The molecule has 0 spiro atoms. The normalized spacial score (nSPS) is 14.8. The Bertz CT molecular complexity index is 452. The summed E-state index contributed by atoms with van der Waals surface area (Å²) in [7, 11) is 0. The van der Waals surface area contributed by atoms with E-state index in [2.05, 4.69) is 18.7 Å². The molecular formula is C14H21N3O. The van der Waals surface area contributed by atoms with Gasteiger partial charge in [0.2, 0.25) is 5.91 Å². The molecule has 4 N–H and O–H groups in total. The van der Waals surface area contributed by atoms with Crippen molar-refractivity contribution < 1.29 is 4.79 Å². The molecule has 4 heteroatoms. The van der Waals surface area contributed by atoms with E-state index in [0.717, 1.165) is 18.2 Å². The highest BCUT2D eigenvalue weighted by atomic mass is 16.1. The Morgan fingerprint density at radius 2 is 2.11 bits per heavy atom. The molecule has 1 fully saturated rings. The molecule has 1 aromatic rings. The van der Waals surface area contributed by atoms with Gasteiger partial charge >= 0.3 is 0 Å². The number of amides is 1. The van der Waals surface area contributed by atoms with Crippen LogP contribution in [-0.2, 0) is 0 Å². The van der Waals surface area contributed by atoms with Crippen LogP contribution in [-0.4, -0.2) is 18.5 Å². The van der Waals surface area contributed by atoms with Gasteiger partial charge in [-0.2, -0.15) is 0 Å². The molecule has 0 heterocycles. The van der Waals surface area contributed by atoms with Crippen molar-refractivity contribution in [3.05, 3.63) is 23.8 Å². The highest BCUT2D eigenvalue weighted by molar-refractivity contribution is 5.94. The number of carbonyl (C=O) groups excluding carboxylic acids is 1. The van der Waals surface area contributed by atoms with Crippen molar-refractivity contribution >= 4 is 17.3 Å². The van der Waals surface area contributed by atoms with E-state index in [0.29, 0.717) is 17.3 Å². The molecule has 18 heavy (non-hydrogen) atoms. The molecule has 1 aliphatic carbocycles. The van der Waals surface area contributed by atoms with Crippen LogP contribution in [0.3, 0.4) is 0 Å². The Morgan fingerprint density at radius 1 is 1.44 bits per heavy atom. The Morgan fingerprint density at radius 3 is 2.56 bits per heavy atom. The SMILES string of the molecule is CC(C)N(CC1CC1)c1ccc(C(N)=O)cc1N. The molecule has 1 amide bonds. The van der Waals surface area contributed by atoms with Crippen molar-refractivity contribution in [3.63, 3.8) is 0 Å². The summed E-state index contributed by atoms with van der Waals surface area (Å²) in [6, 6.07) is 5.71. The van der Waals surface area contributed by atoms with Crippen LogP contribution in [0.4, 0.5) is 11.4 Å². The molecule has 1 aromatic carbocycles. The Balaban J connectivity index is 2.26. The van der Waals surface area contributed by atoms with Gasteiger partial charge < -0.3 is 16.4 Å². The van der Waals surface area contributed by atoms with Gasteiger partial charge in [-0.25, -0.2) is 0 Å². The maximum Gasteiger partial charge on any atom is 0.248 e. The summed E-state index contributed by atoms with van der Waals surface area (Å²) in [6.07, 6.45) is 2.62. The van der Waals surface area contributed by atoms with Crippen LogP contribution in [0.1, 0.15) is 37.0 Å². The van der Waals surface area contributed by atoms with Gasteiger partial charge in [-0.1, -0.05) is 0 Å². The minimum Gasteiger partial charge on any atom is -0.397 e. The molecule has 0 radical (unpaired) electrons. The lowest BCUT2D eigenvalue weighted by molar-refractivity contribution is 0.100. The second-order valence-electron chi connectivity index (χ2n) is 5.33. The first-order chi connectivity index (χ1) is 8.49. The van der Waals surface area contributed by atoms with Crippen LogP contribution in [0.25, 0.3) is 0 Å². The van der Waals surface area contributed by atoms with Crippen LogP contribution in [0.5, 0.6) is 0 Å². The monoisotopic (exact) mass is 247 g/mol. The van der Waals surface area contributed by atoms with E-state index in [1.807, 2.05) is 6.07 Å². The second kappa shape index (κ2) is 4.88. The van der Waals surface area contributed by atoms with Crippen molar-refractivity contribution in [2.75, 3.05) is 17.2 Å². The Labute approximate surface area is 108 Å². The number of hydrogen-bond donors (Lipinski definition) is 2. The van der Waals surface area contributed by atoms with E-state index in [4.69, 9.17) is 11.5 Å². The topological polar surface area (TPSA) is 72.3 Å². The molecule has 0 aliphatic heterocycles. The fourth-order valence-corrected chi connectivity index (χ4v) is 2.14. The average molecular weight is 247 g/mol. The first-order valence-corrected chi connectivity index (χ1v) is 6.45. The smallest absolute Gasteiger partial charge is 0.248 e. The number of anilines is 2. The van der Waals surface area contributed by atoms with Crippen molar-refractivity contribution in [1.82, 2.24) is 0 Å². The number of primary amides is 1. The second-order valence-corrected chi connectivity index (χ2v) is 5.33. The van der Waals surface area contributed by atoms with Gasteiger partial charge in [0.15, 0.2) is 0 Å². The maximum atomic E-state index is 11.1. The van der Waals surface area contributed by atoms with Crippen molar-refractivity contribution in [2.24, 2.45) is 11.7 Å². The van der Waals surface area contributed by atoms with Gasteiger partial charge in [-0.3, -0.25) is 4.79 Å². The minimum absolute atomic E-state index is 0.396. The van der Waals surface area contributed by atoms with E-state index in [1.54, 1.807) is 12.1 Å². The molecule has 2 rings (SSSR count). The molecule has 0 atom stereocenters. The molecule has 0 aromatic heterocycles. The third kappa shape index (κ3) is 2.75. The zero-order chi connectivity index (χ0) is 13.3. The number of benzene rings is 1. The highest BCUT2D eigenvalue weighted by Crippen LogP contribution is 2.34. The van der Waals surface area contributed by atoms with E-state index in [9.17, 15) is 4.79 Å². The largest absolute Gasteiger partial charge is 0.397 e. The minimum atomic E-state index is -0.438. The van der Waals surface area contributed by atoms with Gasteiger partial charge in [0.25, 0.3) is 0 Å². The summed E-state index contributed by atoms with van der Waals surface area (Å²) in [5.41, 5.74) is 13.4. The summed E-state index contributed by atoms with van der Waals surface area (Å²) in [5, 5.41) is 0. The third-order valence-corrected chi connectivity index (χ3v) is 3.40. The zero-order valence-electron chi connectivity index (χ0n) is 11.0. The number of nitrogen functional groups attached to an aromatic ring is 1. The van der Waals surface area contributed by atoms with Gasteiger partial charge in [0.1, 0.15) is 0 Å². The van der Waals surface area contributed by atoms with E-state index >= 15 is 0 Å². The quantitative estimate of drug-likeness (QED) is 0.782. The number of rotatable bonds is 5. The first-order valence-electron chi connectivity index (χ1n) is 6.45. The Kier molecular flexibility index (Phi) is 3.45. The summed E-state index contributed by atoms with van der Waals surface area (Å²) in [5.74, 6) is 0.356. The molecular weight excluding hydrogens is 226 g/mol. The van der Waals surface area contributed by atoms with Gasteiger partial charge in [0, 0.05) is 18.2 Å². The standard InChI is InChI=1S/C14H21N3O/c1-9(2)17(8-10-3-4-10)13-6-5-11(14(16)18)7-12(13)15/h5-7,9-10H,3-4,8,15H2,1-2H3,(H2,16,18). The van der Waals surface area contributed by atoms with Crippen LogP contribution >= 0.6 is 0 Å². The molecule has 0 unspecified atom stereocenters. The fraction of sp³-hybridized carbons (Fsp3) is 0.500. The van der Waals surface area contributed by atoms with Crippen LogP contribution in [0.2, 0.25) is 0 Å². The predicted octanol–water partition coefficient (Wildman–Crippen LogP) is 1.99. The number of nitrogens with zero attached hydrogens (tertiary/aromatic N) is 1. The van der Waals surface area contributed by atoms with E-state index in [1.165, 1.54) is 12.8 Å². The lowest BCUT2D eigenvalue weighted by Gasteiger charge is -2.30. The third-order valence-electron chi connectivity index (χ3n) is 3.40. The molecule has 4 nitrogen and oxygen atoms in total. The number of nitrogens with two attached hydrogens (primary N) is 2. The summed E-state index contributed by atoms with van der Waals surface area (Å²) in [4.78, 5) is 13.4. The first kappa shape index (κ1) is 12.7. The van der Waals surface area contributed by atoms with Crippen molar-refractivity contribution in [2.45, 2.75) is 32.7 Å². The predicted molar refractivity (Wildman–Crippen MR) is 74.6 cm³/mol. The average Bonchev–Trinajstić information content (AvgIpc) is 3.09. The van der Waals surface area contributed by atoms with Crippen molar-refractivity contribution in [3.8, 4) is 0 Å². The molecule has 98 valence electrons. The summed E-state index contributed by atoms with van der Waals surface area (Å²) < 4.78 is 0. The maximum absolute atomic E-state index is 11.1. The Hall–Kier alpha value is -1.71. The number of hydrogen-bond acceptors (Lipinski definition) is 3. The molecule has 0 saturated heterocycles. The van der Waals surface area contributed by atoms with E-state index < -0.39 is 5.91 Å². The zero-order valence-corrected chi connectivity index (χ0v) is 11.0. The van der Waals surface area contributed by atoms with Gasteiger partial charge in [-0.05, 0) is 50.8 Å². The lowest BCUT2D eigenvalue weighted by Crippen LogP contribution is -2.33. The molecule has 1 saturated carbocycles. The van der Waals surface area contributed by atoms with Crippen LogP contribution in [0.15, 0.2) is 18.2 Å². The van der Waals surface area contributed by atoms with Crippen LogP contribution in [0, 0.1) is 5.92 Å². The van der Waals surface area contributed by atoms with Gasteiger partial charge in [-0.15, -0.1) is 0 Å². The molecule has 0 bridgehead atoms. The fourth-order valence-electron chi connectivity index (χ4n) is 2.14. The summed E-state index contributed by atoms with van der Waals surface area (Å²) >= 11 is 0. The highest BCUT2D eigenvalue weighted by Gasteiger charge is 2.26. The number of carbonyl (C=O) groups is 1. The van der Waals surface area contributed by atoms with Crippen molar-refractivity contribution in [1.29, 1.82) is 0 Å². The van der Waals surface area contributed by atoms with Gasteiger partial charge in [0.05, 0.1) is 11.4 Å². The lowest BCUT2D eigenvalue weighted by atomic mass is 10.1. The molecule has 1 aliphatic rings. The van der Waals surface area contributed by atoms with E-state index in [-0.39, 0.29) is 0 Å². The summed E-state index contributed by atoms with van der Waals surface area (Å²) in [6.45, 7) is 5.35. The van der Waals surface area contributed by atoms with Crippen LogP contribution < -0.4 is 16.4 Å².